The maximum absolute atomic E-state index is 11.9. The van der Waals surface area contributed by atoms with E-state index >= 15 is 0 Å². The zero-order chi connectivity index (χ0) is 15.9. The molecule has 0 heterocycles. The van der Waals surface area contributed by atoms with E-state index in [0.29, 0.717) is 17.9 Å². The number of amides is 2. The van der Waals surface area contributed by atoms with Crippen molar-refractivity contribution in [2.75, 3.05) is 19.0 Å². The molecule has 2 amide bonds. The molecule has 0 unspecified atom stereocenters. The highest BCUT2D eigenvalue weighted by molar-refractivity contribution is 5.91. The topological polar surface area (TPSA) is 70.6 Å². The second-order valence-corrected chi connectivity index (χ2v) is 5.52. The molecular formula is C16H22N2O3. The van der Waals surface area contributed by atoms with E-state index in [1.165, 1.54) is 0 Å². The van der Waals surface area contributed by atoms with Gasteiger partial charge in [0.15, 0.2) is 0 Å². The van der Waals surface area contributed by atoms with Crippen LogP contribution >= 0.6 is 0 Å². The van der Waals surface area contributed by atoms with Gasteiger partial charge < -0.3 is 20.5 Å². The average Bonchev–Trinajstić information content (AvgIpc) is 2.37. The van der Waals surface area contributed by atoms with Crippen LogP contribution in [0.5, 0.6) is 5.75 Å². The van der Waals surface area contributed by atoms with E-state index in [1.807, 2.05) is 20.8 Å². The second-order valence-electron chi connectivity index (χ2n) is 5.52. The van der Waals surface area contributed by atoms with E-state index in [0.717, 1.165) is 5.56 Å². The van der Waals surface area contributed by atoms with Crippen molar-refractivity contribution < 1.29 is 14.6 Å². The van der Waals surface area contributed by atoms with Crippen LogP contribution in [0.2, 0.25) is 0 Å². The Hall–Kier alpha value is -2.19. The van der Waals surface area contributed by atoms with Crippen molar-refractivity contribution in [1.29, 1.82) is 0 Å². The molecule has 0 radical (unpaired) electrons. The monoisotopic (exact) mass is 290 g/mol. The van der Waals surface area contributed by atoms with Gasteiger partial charge in [0, 0.05) is 17.5 Å². The number of ether oxygens (including phenoxy) is 1. The molecular weight excluding hydrogens is 268 g/mol. The van der Waals surface area contributed by atoms with Crippen molar-refractivity contribution >= 4 is 11.7 Å². The van der Waals surface area contributed by atoms with Crippen LogP contribution in [0.1, 0.15) is 32.8 Å². The lowest BCUT2D eigenvalue weighted by Crippen LogP contribution is -2.43. The molecule has 5 nitrogen and oxygen atoms in total. The number of anilines is 1. The highest BCUT2D eigenvalue weighted by Crippen LogP contribution is 2.25. The number of aliphatic hydroxyl groups excluding tert-OH is 1. The first-order chi connectivity index (χ1) is 9.85. The van der Waals surface area contributed by atoms with Gasteiger partial charge in [-0.3, -0.25) is 0 Å². The first kappa shape index (κ1) is 16.9. The molecule has 0 spiro atoms. The standard InChI is InChI=1S/C16H22N2O3/c1-16(2,3)18-15(20)17-13-11-12(7-5-6-10-19)8-9-14(13)21-4/h8-9,11,19H,6,10H2,1-4H3,(H2,17,18,20). The number of hydrogen-bond acceptors (Lipinski definition) is 3. The van der Waals surface area contributed by atoms with Gasteiger partial charge in [0.1, 0.15) is 5.75 Å². The van der Waals surface area contributed by atoms with E-state index in [9.17, 15) is 4.79 Å². The third-order valence-corrected chi connectivity index (χ3v) is 2.41. The van der Waals surface area contributed by atoms with Gasteiger partial charge in [0.05, 0.1) is 19.4 Å². The predicted molar refractivity (Wildman–Crippen MR) is 83.5 cm³/mol. The number of carbonyl (C=O) groups is 1. The van der Waals surface area contributed by atoms with Gasteiger partial charge >= 0.3 is 6.03 Å². The maximum atomic E-state index is 11.9. The summed E-state index contributed by atoms with van der Waals surface area (Å²) in [5.41, 5.74) is 0.973. The fourth-order valence-electron chi connectivity index (χ4n) is 1.60. The van der Waals surface area contributed by atoms with Crippen molar-refractivity contribution in [1.82, 2.24) is 5.32 Å². The van der Waals surface area contributed by atoms with Crippen LogP contribution in [0.25, 0.3) is 0 Å². The number of nitrogens with one attached hydrogen (secondary N) is 2. The summed E-state index contributed by atoms with van der Waals surface area (Å²) >= 11 is 0. The summed E-state index contributed by atoms with van der Waals surface area (Å²) in [7, 11) is 1.54. The molecule has 0 aliphatic heterocycles. The van der Waals surface area contributed by atoms with Crippen LogP contribution in [0, 0.1) is 11.8 Å². The van der Waals surface area contributed by atoms with E-state index < -0.39 is 0 Å². The van der Waals surface area contributed by atoms with Crippen molar-refractivity contribution in [3.63, 3.8) is 0 Å². The molecule has 5 heteroatoms. The van der Waals surface area contributed by atoms with Crippen LogP contribution in [-0.2, 0) is 0 Å². The molecule has 0 aromatic heterocycles. The number of hydrogen-bond donors (Lipinski definition) is 3. The quantitative estimate of drug-likeness (QED) is 0.748. The Morgan fingerprint density at radius 1 is 1.38 bits per heavy atom. The lowest BCUT2D eigenvalue weighted by atomic mass is 10.1. The molecule has 114 valence electrons. The molecule has 0 saturated carbocycles. The molecule has 0 atom stereocenters. The lowest BCUT2D eigenvalue weighted by molar-refractivity contribution is 0.243. The SMILES string of the molecule is COc1ccc(C#CCCO)cc1NC(=O)NC(C)(C)C. The first-order valence-electron chi connectivity index (χ1n) is 6.72. The fourth-order valence-corrected chi connectivity index (χ4v) is 1.60. The van der Waals surface area contributed by atoms with Gasteiger partial charge in [-0.15, -0.1) is 0 Å². The highest BCUT2D eigenvalue weighted by Gasteiger charge is 2.15. The Kier molecular flexibility index (Phi) is 6.07. The van der Waals surface area contributed by atoms with Gasteiger partial charge in [-0.05, 0) is 39.0 Å². The number of benzene rings is 1. The molecule has 0 bridgehead atoms. The summed E-state index contributed by atoms with van der Waals surface area (Å²) < 4.78 is 5.23. The molecule has 21 heavy (non-hydrogen) atoms. The summed E-state index contributed by atoms with van der Waals surface area (Å²) in [6.07, 6.45) is 0.416. The van der Waals surface area contributed by atoms with Crippen molar-refractivity contribution in [2.45, 2.75) is 32.7 Å². The van der Waals surface area contributed by atoms with Crippen molar-refractivity contribution in [3.05, 3.63) is 23.8 Å². The van der Waals surface area contributed by atoms with E-state index in [-0.39, 0.29) is 18.2 Å². The zero-order valence-electron chi connectivity index (χ0n) is 12.9. The summed E-state index contributed by atoms with van der Waals surface area (Å²) in [6.45, 7) is 5.74. The smallest absolute Gasteiger partial charge is 0.319 e. The summed E-state index contributed by atoms with van der Waals surface area (Å²) in [6, 6.07) is 4.98. The third kappa shape index (κ3) is 6.19. The fraction of sp³-hybridized carbons (Fsp3) is 0.438. The molecule has 1 rings (SSSR count). The van der Waals surface area contributed by atoms with E-state index in [4.69, 9.17) is 9.84 Å². The minimum atomic E-state index is -0.324. The molecule has 0 fully saturated rings. The Balaban J connectivity index is 2.91. The van der Waals surface area contributed by atoms with Crippen molar-refractivity contribution in [3.8, 4) is 17.6 Å². The Bertz CT molecular complexity index is 551. The van der Waals surface area contributed by atoms with E-state index in [1.54, 1.807) is 25.3 Å². The van der Waals surface area contributed by atoms with Gasteiger partial charge in [-0.25, -0.2) is 4.79 Å². The zero-order valence-corrected chi connectivity index (χ0v) is 12.9. The Labute approximate surface area is 125 Å². The highest BCUT2D eigenvalue weighted by atomic mass is 16.5. The Morgan fingerprint density at radius 2 is 2.10 bits per heavy atom. The van der Waals surface area contributed by atoms with Crippen molar-refractivity contribution in [2.24, 2.45) is 0 Å². The first-order valence-corrected chi connectivity index (χ1v) is 6.72. The van der Waals surface area contributed by atoms with Crippen LogP contribution in [0.15, 0.2) is 18.2 Å². The predicted octanol–water partition coefficient (Wildman–Crippen LogP) is 2.35. The summed E-state index contributed by atoms with van der Waals surface area (Å²) in [4.78, 5) is 11.9. The third-order valence-electron chi connectivity index (χ3n) is 2.41. The molecule has 1 aromatic carbocycles. The van der Waals surface area contributed by atoms with Crippen LogP contribution in [0.4, 0.5) is 10.5 Å². The van der Waals surface area contributed by atoms with Crippen LogP contribution in [0.3, 0.4) is 0 Å². The normalized spacial score (nSPS) is 10.3. The lowest BCUT2D eigenvalue weighted by Gasteiger charge is -2.21. The number of carbonyl (C=O) groups excluding carboxylic acids is 1. The van der Waals surface area contributed by atoms with Crippen LogP contribution < -0.4 is 15.4 Å². The second kappa shape index (κ2) is 7.55. The maximum Gasteiger partial charge on any atom is 0.319 e. The average molecular weight is 290 g/mol. The molecule has 0 saturated heterocycles. The molecule has 1 aromatic rings. The van der Waals surface area contributed by atoms with Gasteiger partial charge in [0.2, 0.25) is 0 Å². The summed E-state index contributed by atoms with van der Waals surface area (Å²) in [5, 5.41) is 14.3. The number of methoxy groups -OCH3 is 1. The minimum absolute atomic E-state index is 0.0300. The minimum Gasteiger partial charge on any atom is -0.495 e. The van der Waals surface area contributed by atoms with Gasteiger partial charge in [-0.2, -0.15) is 0 Å². The number of urea groups is 1. The van der Waals surface area contributed by atoms with Crippen LogP contribution in [-0.4, -0.2) is 30.4 Å². The largest absolute Gasteiger partial charge is 0.495 e. The van der Waals surface area contributed by atoms with Gasteiger partial charge in [-0.1, -0.05) is 11.8 Å². The van der Waals surface area contributed by atoms with Gasteiger partial charge in [0.25, 0.3) is 0 Å². The Morgan fingerprint density at radius 3 is 2.67 bits per heavy atom. The molecule has 3 N–H and O–H groups in total. The number of aliphatic hydroxyl groups is 1. The summed E-state index contributed by atoms with van der Waals surface area (Å²) in [5.74, 6) is 6.32. The molecule has 0 aliphatic carbocycles. The molecule has 0 aliphatic rings. The van der Waals surface area contributed by atoms with E-state index in [2.05, 4.69) is 22.5 Å². The number of rotatable bonds is 3.